The number of nitrogens with one attached hydrogen (secondary N) is 1. The minimum Gasteiger partial charge on any atom is -0.394 e. The SMILES string of the molecule is COCCOCCNC1(CO)CC1. The molecule has 0 aromatic carbocycles. The first kappa shape index (κ1) is 10.9. The summed E-state index contributed by atoms with van der Waals surface area (Å²) in [4.78, 5) is 0. The van der Waals surface area contributed by atoms with Gasteiger partial charge in [-0.25, -0.2) is 0 Å². The molecule has 0 aromatic rings. The Balaban J connectivity index is 1.84. The quantitative estimate of drug-likeness (QED) is 0.518. The van der Waals surface area contributed by atoms with Crippen LogP contribution in [0.15, 0.2) is 0 Å². The Labute approximate surface area is 79.2 Å². The number of methoxy groups -OCH3 is 1. The molecule has 1 fully saturated rings. The highest BCUT2D eigenvalue weighted by Gasteiger charge is 2.41. The number of ether oxygens (including phenoxy) is 2. The summed E-state index contributed by atoms with van der Waals surface area (Å²) in [5.41, 5.74) is 0.0324. The fraction of sp³-hybridized carbons (Fsp3) is 1.00. The maximum Gasteiger partial charge on any atom is 0.0700 e. The summed E-state index contributed by atoms with van der Waals surface area (Å²) in [6.45, 7) is 3.02. The van der Waals surface area contributed by atoms with E-state index in [0.29, 0.717) is 19.8 Å². The van der Waals surface area contributed by atoms with Crippen molar-refractivity contribution in [3.8, 4) is 0 Å². The van der Waals surface area contributed by atoms with Crippen LogP contribution < -0.4 is 5.32 Å². The average Bonchev–Trinajstić information content (AvgIpc) is 2.92. The molecule has 0 unspecified atom stereocenters. The Kier molecular flexibility index (Phi) is 4.66. The lowest BCUT2D eigenvalue weighted by molar-refractivity contribution is 0.0694. The predicted octanol–water partition coefficient (Wildman–Crippen LogP) is -0.236. The summed E-state index contributed by atoms with van der Waals surface area (Å²) in [5.74, 6) is 0. The van der Waals surface area contributed by atoms with Crippen molar-refractivity contribution in [2.75, 3.05) is 40.1 Å². The van der Waals surface area contributed by atoms with Crippen molar-refractivity contribution in [2.45, 2.75) is 18.4 Å². The first-order chi connectivity index (χ1) is 6.33. The summed E-state index contributed by atoms with van der Waals surface area (Å²) < 4.78 is 10.1. The smallest absolute Gasteiger partial charge is 0.0700 e. The van der Waals surface area contributed by atoms with Gasteiger partial charge in [0.15, 0.2) is 0 Å². The zero-order valence-corrected chi connectivity index (χ0v) is 8.21. The first-order valence-electron chi connectivity index (χ1n) is 4.75. The van der Waals surface area contributed by atoms with E-state index in [1.165, 1.54) is 0 Å². The standard InChI is InChI=1S/C9H19NO3/c1-12-6-7-13-5-4-10-9(8-11)2-3-9/h10-11H,2-8H2,1H3. The van der Waals surface area contributed by atoms with E-state index in [-0.39, 0.29) is 12.1 Å². The molecule has 0 radical (unpaired) electrons. The van der Waals surface area contributed by atoms with Gasteiger partial charge in [-0.2, -0.15) is 0 Å². The van der Waals surface area contributed by atoms with E-state index in [1.54, 1.807) is 7.11 Å². The van der Waals surface area contributed by atoms with Gasteiger partial charge in [-0.05, 0) is 12.8 Å². The van der Waals surface area contributed by atoms with Gasteiger partial charge in [-0.3, -0.25) is 0 Å². The second-order valence-corrected chi connectivity index (χ2v) is 3.47. The molecule has 4 nitrogen and oxygen atoms in total. The molecule has 0 saturated heterocycles. The van der Waals surface area contributed by atoms with Crippen LogP contribution in [-0.2, 0) is 9.47 Å². The third-order valence-electron chi connectivity index (χ3n) is 2.33. The van der Waals surface area contributed by atoms with E-state index in [2.05, 4.69) is 5.32 Å². The number of hydrogen-bond donors (Lipinski definition) is 2. The molecular formula is C9H19NO3. The third kappa shape index (κ3) is 4.04. The number of rotatable bonds is 8. The molecular weight excluding hydrogens is 170 g/mol. The van der Waals surface area contributed by atoms with Crippen molar-refractivity contribution in [1.29, 1.82) is 0 Å². The summed E-state index contributed by atoms with van der Waals surface area (Å²) in [5, 5.41) is 12.3. The van der Waals surface area contributed by atoms with Crippen LogP contribution in [0.3, 0.4) is 0 Å². The molecule has 0 atom stereocenters. The third-order valence-corrected chi connectivity index (χ3v) is 2.33. The van der Waals surface area contributed by atoms with Gasteiger partial charge in [0.05, 0.1) is 26.4 Å². The van der Waals surface area contributed by atoms with Crippen LogP contribution >= 0.6 is 0 Å². The number of hydrogen-bond acceptors (Lipinski definition) is 4. The highest BCUT2D eigenvalue weighted by Crippen LogP contribution is 2.34. The summed E-state index contributed by atoms with van der Waals surface area (Å²) in [7, 11) is 1.66. The number of aliphatic hydroxyl groups is 1. The molecule has 0 spiro atoms. The molecule has 1 aliphatic rings. The summed E-state index contributed by atoms with van der Waals surface area (Å²) in [6, 6.07) is 0. The van der Waals surface area contributed by atoms with E-state index >= 15 is 0 Å². The van der Waals surface area contributed by atoms with Gasteiger partial charge >= 0.3 is 0 Å². The Bertz CT molecular complexity index is 137. The topological polar surface area (TPSA) is 50.7 Å². The zero-order valence-electron chi connectivity index (χ0n) is 8.21. The lowest BCUT2D eigenvalue weighted by atomic mass is 10.3. The monoisotopic (exact) mass is 189 g/mol. The van der Waals surface area contributed by atoms with E-state index < -0.39 is 0 Å². The van der Waals surface area contributed by atoms with Crippen molar-refractivity contribution >= 4 is 0 Å². The fourth-order valence-electron chi connectivity index (χ4n) is 1.17. The predicted molar refractivity (Wildman–Crippen MR) is 49.7 cm³/mol. The normalized spacial score (nSPS) is 18.9. The van der Waals surface area contributed by atoms with Gasteiger partial charge in [0.1, 0.15) is 0 Å². The van der Waals surface area contributed by atoms with E-state index in [1.807, 2.05) is 0 Å². The molecule has 4 heteroatoms. The van der Waals surface area contributed by atoms with Gasteiger partial charge in [-0.1, -0.05) is 0 Å². The van der Waals surface area contributed by atoms with Crippen molar-refractivity contribution < 1.29 is 14.6 Å². The Morgan fingerprint density at radius 1 is 1.31 bits per heavy atom. The minimum absolute atomic E-state index is 0.0324. The van der Waals surface area contributed by atoms with Crippen LogP contribution in [0.4, 0.5) is 0 Å². The van der Waals surface area contributed by atoms with Crippen LogP contribution in [0.1, 0.15) is 12.8 Å². The molecule has 0 aromatic heterocycles. The molecule has 78 valence electrons. The van der Waals surface area contributed by atoms with E-state index in [0.717, 1.165) is 19.4 Å². The highest BCUT2D eigenvalue weighted by atomic mass is 16.5. The second kappa shape index (κ2) is 5.54. The Morgan fingerprint density at radius 3 is 2.62 bits per heavy atom. The fourth-order valence-corrected chi connectivity index (χ4v) is 1.17. The van der Waals surface area contributed by atoms with Crippen LogP contribution in [0, 0.1) is 0 Å². The first-order valence-corrected chi connectivity index (χ1v) is 4.75. The molecule has 0 aliphatic heterocycles. The van der Waals surface area contributed by atoms with Gasteiger partial charge in [-0.15, -0.1) is 0 Å². The molecule has 1 rings (SSSR count). The molecule has 0 bridgehead atoms. The maximum atomic E-state index is 8.97. The molecule has 1 saturated carbocycles. The van der Waals surface area contributed by atoms with Crippen molar-refractivity contribution in [1.82, 2.24) is 5.32 Å². The Hall–Kier alpha value is -0.160. The van der Waals surface area contributed by atoms with Gasteiger partial charge in [0.2, 0.25) is 0 Å². The van der Waals surface area contributed by atoms with Crippen molar-refractivity contribution in [3.05, 3.63) is 0 Å². The number of aliphatic hydroxyl groups excluding tert-OH is 1. The minimum atomic E-state index is 0.0324. The zero-order chi connectivity index (χ0) is 9.57. The van der Waals surface area contributed by atoms with Gasteiger partial charge in [0.25, 0.3) is 0 Å². The van der Waals surface area contributed by atoms with Crippen molar-refractivity contribution in [2.24, 2.45) is 0 Å². The maximum absolute atomic E-state index is 8.97. The largest absolute Gasteiger partial charge is 0.394 e. The molecule has 0 heterocycles. The lowest BCUT2D eigenvalue weighted by Gasteiger charge is -2.13. The van der Waals surface area contributed by atoms with Crippen molar-refractivity contribution in [3.63, 3.8) is 0 Å². The highest BCUT2D eigenvalue weighted by molar-refractivity contribution is 5.01. The van der Waals surface area contributed by atoms with E-state index in [9.17, 15) is 0 Å². The summed E-state index contributed by atoms with van der Waals surface area (Å²) in [6.07, 6.45) is 2.17. The molecule has 1 aliphatic carbocycles. The Morgan fingerprint density at radius 2 is 2.08 bits per heavy atom. The van der Waals surface area contributed by atoms with Crippen LogP contribution in [-0.4, -0.2) is 50.7 Å². The van der Waals surface area contributed by atoms with E-state index in [4.69, 9.17) is 14.6 Å². The lowest BCUT2D eigenvalue weighted by Crippen LogP contribution is -2.37. The summed E-state index contributed by atoms with van der Waals surface area (Å²) >= 11 is 0. The van der Waals surface area contributed by atoms with Gasteiger partial charge < -0.3 is 19.9 Å². The van der Waals surface area contributed by atoms with Gasteiger partial charge in [0, 0.05) is 19.2 Å². The molecule has 13 heavy (non-hydrogen) atoms. The van der Waals surface area contributed by atoms with Crippen LogP contribution in [0.2, 0.25) is 0 Å². The van der Waals surface area contributed by atoms with Crippen LogP contribution in [0.25, 0.3) is 0 Å². The second-order valence-electron chi connectivity index (χ2n) is 3.47. The van der Waals surface area contributed by atoms with Crippen LogP contribution in [0.5, 0.6) is 0 Å². The molecule has 0 amide bonds. The molecule has 2 N–H and O–H groups in total. The average molecular weight is 189 g/mol.